The summed E-state index contributed by atoms with van der Waals surface area (Å²) in [6, 6.07) is 12.7. The van der Waals surface area contributed by atoms with Crippen molar-refractivity contribution < 1.29 is 13.2 Å². The topological polar surface area (TPSA) is 94.2 Å². The van der Waals surface area contributed by atoms with Crippen LogP contribution < -0.4 is 16.6 Å². The van der Waals surface area contributed by atoms with E-state index < -0.39 is 12.3 Å². The van der Waals surface area contributed by atoms with Gasteiger partial charge in [0.05, 0.1) is 17.9 Å². The van der Waals surface area contributed by atoms with Crippen LogP contribution in [0.3, 0.4) is 0 Å². The lowest BCUT2D eigenvalue weighted by molar-refractivity contribution is 0.116. The molecule has 3 aromatic rings. The Hall–Kier alpha value is -3.00. The first-order chi connectivity index (χ1) is 11.9. The molecule has 0 aliphatic rings. The van der Waals surface area contributed by atoms with Crippen molar-refractivity contribution in [3.05, 3.63) is 59.5 Å². The molecule has 0 unspecified atom stereocenters. The molecule has 0 fully saturated rings. The first-order valence-electron chi connectivity index (χ1n) is 7.53. The van der Waals surface area contributed by atoms with Crippen LogP contribution in [0, 0.1) is 6.92 Å². The fourth-order valence-corrected chi connectivity index (χ4v) is 2.38. The summed E-state index contributed by atoms with van der Waals surface area (Å²) in [5.74, 6) is 5.47. The minimum atomic E-state index is -2.79. The number of alkyl halides is 2. The molecule has 130 valence electrons. The number of nitrogens with two attached hydrogens (primary N) is 2. The summed E-state index contributed by atoms with van der Waals surface area (Å²) < 4.78 is 29.9. The monoisotopic (exact) mass is 345 g/mol. The highest BCUT2D eigenvalue weighted by Crippen LogP contribution is 2.26. The number of hydrogen-bond donors (Lipinski definition) is 2. The number of benzene rings is 2. The minimum absolute atomic E-state index is 0.0504. The highest BCUT2D eigenvalue weighted by atomic mass is 19.3. The Kier molecular flexibility index (Phi) is 4.62. The molecule has 0 aliphatic heterocycles. The molecule has 0 amide bonds. The Balaban J connectivity index is 1.74. The van der Waals surface area contributed by atoms with Crippen LogP contribution in [-0.2, 0) is 6.54 Å². The molecule has 1 aromatic heterocycles. The van der Waals surface area contributed by atoms with Gasteiger partial charge in [-0.1, -0.05) is 18.2 Å². The van der Waals surface area contributed by atoms with Crippen molar-refractivity contribution in [2.45, 2.75) is 19.9 Å². The van der Waals surface area contributed by atoms with Gasteiger partial charge in [0, 0.05) is 5.56 Å². The molecular weight excluding hydrogens is 328 g/mol. The van der Waals surface area contributed by atoms with Crippen LogP contribution in [0.1, 0.15) is 23.4 Å². The number of rotatable bonds is 5. The van der Waals surface area contributed by atoms with Gasteiger partial charge in [-0.05, 0) is 42.3 Å². The van der Waals surface area contributed by atoms with Crippen LogP contribution >= 0.6 is 0 Å². The van der Waals surface area contributed by atoms with E-state index in [0.717, 1.165) is 16.8 Å². The van der Waals surface area contributed by atoms with E-state index in [4.69, 9.17) is 16.0 Å². The van der Waals surface area contributed by atoms with Crippen molar-refractivity contribution in [3.63, 3.8) is 0 Å². The summed E-state index contributed by atoms with van der Waals surface area (Å²) >= 11 is 0. The molecule has 0 radical (unpaired) electrons. The Morgan fingerprint density at radius 2 is 1.84 bits per heavy atom. The number of nitrogens with zero attached hydrogens (tertiary/aromatic N) is 3. The second kappa shape index (κ2) is 6.86. The average molecular weight is 345 g/mol. The molecule has 8 heteroatoms. The highest BCUT2D eigenvalue weighted by Gasteiger charge is 2.17. The van der Waals surface area contributed by atoms with Crippen molar-refractivity contribution in [3.8, 4) is 11.5 Å². The lowest BCUT2D eigenvalue weighted by Crippen LogP contribution is -2.30. The summed E-state index contributed by atoms with van der Waals surface area (Å²) in [4.78, 5) is 0. The first kappa shape index (κ1) is 16.8. The Labute approximate surface area is 143 Å². The fourth-order valence-electron chi connectivity index (χ4n) is 2.38. The Morgan fingerprint density at radius 3 is 2.48 bits per heavy atom. The predicted molar refractivity (Wildman–Crippen MR) is 90.7 cm³/mol. The third kappa shape index (κ3) is 3.74. The minimum Gasteiger partial charge on any atom is -0.415 e. The maximum absolute atomic E-state index is 12.5. The van der Waals surface area contributed by atoms with Crippen LogP contribution in [0.5, 0.6) is 0 Å². The molecule has 6 nitrogen and oxygen atoms in total. The molecule has 4 N–H and O–H groups in total. The van der Waals surface area contributed by atoms with Gasteiger partial charge in [0.2, 0.25) is 5.89 Å². The second-order valence-electron chi connectivity index (χ2n) is 5.63. The van der Waals surface area contributed by atoms with Gasteiger partial charge in [0.1, 0.15) is 0 Å². The van der Waals surface area contributed by atoms with E-state index in [9.17, 15) is 8.78 Å². The van der Waals surface area contributed by atoms with Crippen LogP contribution in [0.2, 0.25) is 0 Å². The van der Waals surface area contributed by atoms with Gasteiger partial charge in [0.25, 0.3) is 5.89 Å². The molecule has 0 spiro atoms. The molecule has 3 rings (SSSR count). The molecule has 2 aromatic carbocycles. The molecular formula is C17H17F2N5O. The third-order valence-electron chi connectivity index (χ3n) is 3.68. The number of anilines is 2. The smallest absolute Gasteiger partial charge is 0.314 e. The molecule has 25 heavy (non-hydrogen) atoms. The molecule has 0 saturated carbocycles. The molecule has 0 saturated heterocycles. The number of aromatic nitrogens is 2. The lowest BCUT2D eigenvalue weighted by Gasteiger charge is -2.21. The molecule has 0 bridgehead atoms. The van der Waals surface area contributed by atoms with Gasteiger partial charge in [-0.25, -0.2) is 5.84 Å². The standard InChI is InChI=1S/C17H17F2N5O/c1-10-2-7-13(20)14(8-10)24(21)9-11-3-5-12(6-4-11)16-22-23-17(25-16)15(18)19/h2-8,15H,9,20-21H2,1H3. The number of nitrogen functional groups attached to an aromatic ring is 1. The molecule has 0 aliphatic carbocycles. The average Bonchev–Trinajstić information content (AvgIpc) is 3.08. The number of aryl methyl sites for hydroxylation is 1. The SMILES string of the molecule is Cc1ccc(N)c(N(N)Cc2ccc(-c3nnc(C(F)F)o3)cc2)c1. The lowest BCUT2D eigenvalue weighted by atomic mass is 10.1. The van der Waals surface area contributed by atoms with E-state index in [0.29, 0.717) is 17.8 Å². The van der Waals surface area contributed by atoms with Gasteiger partial charge in [-0.3, -0.25) is 0 Å². The summed E-state index contributed by atoms with van der Waals surface area (Å²) in [6.07, 6.45) is -2.79. The zero-order chi connectivity index (χ0) is 18.0. The van der Waals surface area contributed by atoms with E-state index in [2.05, 4.69) is 10.2 Å². The summed E-state index contributed by atoms with van der Waals surface area (Å²) in [5.41, 5.74) is 9.82. The normalized spacial score (nSPS) is 11.1. The predicted octanol–water partition coefficient (Wildman–Crippen LogP) is 3.45. The van der Waals surface area contributed by atoms with Crippen LogP contribution in [0.15, 0.2) is 46.9 Å². The Morgan fingerprint density at radius 1 is 1.12 bits per heavy atom. The van der Waals surface area contributed by atoms with Gasteiger partial charge in [-0.15, -0.1) is 10.2 Å². The Bertz CT molecular complexity index is 864. The van der Waals surface area contributed by atoms with Crippen molar-refractivity contribution in [1.29, 1.82) is 0 Å². The number of hydrazine groups is 1. The number of hydrogen-bond acceptors (Lipinski definition) is 6. The van der Waals surface area contributed by atoms with Crippen LogP contribution in [0.25, 0.3) is 11.5 Å². The maximum atomic E-state index is 12.5. The first-order valence-corrected chi connectivity index (χ1v) is 7.53. The van der Waals surface area contributed by atoms with Crippen molar-refractivity contribution in [2.75, 3.05) is 10.7 Å². The van der Waals surface area contributed by atoms with E-state index in [-0.39, 0.29) is 5.89 Å². The van der Waals surface area contributed by atoms with E-state index in [1.807, 2.05) is 37.3 Å². The summed E-state index contributed by atoms with van der Waals surface area (Å²) in [5, 5.41) is 8.49. The van der Waals surface area contributed by atoms with Gasteiger partial charge >= 0.3 is 6.43 Å². The van der Waals surface area contributed by atoms with E-state index in [1.54, 1.807) is 17.1 Å². The van der Waals surface area contributed by atoms with Crippen LogP contribution in [-0.4, -0.2) is 10.2 Å². The van der Waals surface area contributed by atoms with Gasteiger partial charge in [0.15, 0.2) is 0 Å². The number of halogens is 2. The second-order valence-corrected chi connectivity index (χ2v) is 5.63. The largest absolute Gasteiger partial charge is 0.415 e. The molecule has 1 heterocycles. The van der Waals surface area contributed by atoms with E-state index >= 15 is 0 Å². The zero-order valence-electron chi connectivity index (χ0n) is 13.5. The van der Waals surface area contributed by atoms with Gasteiger partial charge < -0.3 is 15.2 Å². The van der Waals surface area contributed by atoms with Crippen molar-refractivity contribution >= 4 is 11.4 Å². The summed E-state index contributed by atoms with van der Waals surface area (Å²) in [6.45, 7) is 2.39. The van der Waals surface area contributed by atoms with E-state index in [1.165, 1.54) is 0 Å². The quantitative estimate of drug-likeness (QED) is 0.418. The highest BCUT2D eigenvalue weighted by molar-refractivity contribution is 5.68. The van der Waals surface area contributed by atoms with Crippen molar-refractivity contribution in [2.24, 2.45) is 5.84 Å². The molecule has 0 atom stereocenters. The summed E-state index contributed by atoms with van der Waals surface area (Å²) in [7, 11) is 0. The van der Waals surface area contributed by atoms with Crippen molar-refractivity contribution in [1.82, 2.24) is 10.2 Å². The van der Waals surface area contributed by atoms with Gasteiger partial charge in [-0.2, -0.15) is 8.78 Å². The fraction of sp³-hybridized carbons (Fsp3) is 0.176. The zero-order valence-corrected chi connectivity index (χ0v) is 13.5. The van der Waals surface area contributed by atoms with Crippen LogP contribution in [0.4, 0.5) is 20.2 Å². The maximum Gasteiger partial charge on any atom is 0.314 e. The third-order valence-corrected chi connectivity index (χ3v) is 3.68.